The lowest BCUT2D eigenvalue weighted by Gasteiger charge is -2.19. The fourth-order valence-electron chi connectivity index (χ4n) is 3.07. The van der Waals surface area contributed by atoms with Crippen LogP contribution in [-0.4, -0.2) is 24.0 Å². The number of fused-ring (bicyclic) bond motifs is 1. The molecular weight excluding hydrogens is 424 g/mol. The highest BCUT2D eigenvalue weighted by atomic mass is 35.5. The molecule has 1 amide bonds. The molecule has 0 N–H and O–H groups in total. The SMILES string of the molecule is COC(=O)c1ccc(C(=O)N(Cc2ccco2)c2nc3c(C)cc(Cl)cc3s2)cc1. The average molecular weight is 441 g/mol. The Morgan fingerprint density at radius 3 is 2.57 bits per heavy atom. The van der Waals surface area contributed by atoms with Crippen LogP contribution in [0.15, 0.2) is 59.2 Å². The Morgan fingerprint density at radius 1 is 1.17 bits per heavy atom. The number of halogens is 1. The van der Waals surface area contributed by atoms with Gasteiger partial charge >= 0.3 is 5.97 Å². The monoisotopic (exact) mass is 440 g/mol. The summed E-state index contributed by atoms with van der Waals surface area (Å²) in [5, 5.41) is 1.16. The molecule has 4 rings (SSSR count). The molecule has 2 aromatic carbocycles. The van der Waals surface area contributed by atoms with Gasteiger partial charge in [-0.05, 0) is 61.0 Å². The lowest BCUT2D eigenvalue weighted by molar-refractivity contribution is 0.0600. The molecule has 30 heavy (non-hydrogen) atoms. The van der Waals surface area contributed by atoms with E-state index < -0.39 is 5.97 Å². The number of ether oxygens (including phenoxy) is 1. The van der Waals surface area contributed by atoms with Crippen molar-refractivity contribution in [3.05, 3.63) is 82.3 Å². The molecule has 0 aliphatic heterocycles. The number of nitrogens with zero attached hydrogens (tertiary/aromatic N) is 2. The Labute approximate surface area is 181 Å². The van der Waals surface area contributed by atoms with Crippen LogP contribution in [0.25, 0.3) is 10.2 Å². The predicted molar refractivity (Wildman–Crippen MR) is 116 cm³/mol. The fourth-order valence-corrected chi connectivity index (χ4v) is 4.48. The molecule has 2 heterocycles. The van der Waals surface area contributed by atoms with Gasteiger partial charge in [-0.1, -0.05) is 22.9 Å². The molecule has 4 aromatic rings. The van der Waals surface area contributed by atoms with E-state index in [0.29, 0.717) is 27.0 Å². The molecule has 0 radical (unpaired) electrons. The van der Waals surface area contributed by atoms with E-state index >= 15 is 0 Å². The molecule has 8 heteroatoms. The Bertz CT molecular complexity index is 1220. The zero-order chi connectivity index (χ0) is 21.3. The number of aryl methyl sites for hydroxylation is 1. The average Bonchev–Trinajstić information content (AvgIpc) is 3.40. The Hall–Kier alpha value is -3.16. The minimum Gasteiger partial charge on any atom is -0.467 e. The van der Waals surface area contributed by atoms with E-state index in [-0.39, 0.29) is 12.5 Å². The number of carbonyl (C=O) groups excluding carboxylic acids is 2. The first-order valence-corrected chi connectivity index (χ1v) is 10.2. The summed E-state index contributed by atoms with van der Waals surface area (Å²) >= 11 is 7.57. The summed E-state index contributed by atoms with van der Waals surface area (Å²) < 4.78 is 11.1. The summed E-state index contributed by atoms with van der Waals surface area (Å²) in [5.74, 6) is -0.0888. The van der Waals surface area contributed by atoms with Crippen LogP contribution >= 0.6 is 22.9 Å². The maximum Gasteiger partial charge on any atom is 0.337 e. The van der Waals surface area contributed by atoms with Gasteiger partial charge in [0.25, 0.3) is 5.91 Å². The number of amides is 1. The molecule has 0 saturated heterocycles. The molecule has 0 spiro atoms. The number of rotatable bonds is 5. The Balaban J connectivity index is 1.74. The van der Waals surface area contributed by atoms with Crippen LogP contribution in [0.5, 0.6) is 0 Å². The third kappa shape index (κ3) is 3.94. The highest BCUT2D eigenvalue weighted by molar-refractivity contribution is 7.22. The number of furan rings is 1. The summed E-state index contributed by atoms with van der Waals surface area (Å²) in [6, 6.07) is 13.6. The molecule has 0 aliphatic carbocycles. The zero-order valence-electron chi connectivity index (χ0n) is 16.2. The first-order chi connectivity index (χ1) is 14.5. The van der Waals surface area contributed by atoms with Crippen molar-refractivity contribution in [3.63, 3.8) is 0 Å². The Morgan fingerprint density at radius 2 is 1.90 bits per heavy atom. The second-order valence-electron chi connectivity index (χ2n) is 6.61. The lowest BCUT2D eigenvalue weighted by atomic mass is 10.1. The van der Waals surface area contributed by atoms with Gasteiger partial charge in [-0.25, -0.2) is 9.78 Å². The molecule has 152 valence electrons. The van der Waals surface area contributed by atoms with E-state index in [1.165, 1.54) is 18.4 Å². The number of thiazole rings is 1. The van der Waals surface area contributed by atoms with E-state index in [0.717, 1.165) is 15.8 Å². The van der Waals surface area contributed by atoms with Gasteiger partial charge < -0.3 is 9.15 Å². The van der Waals surface area contributed by atoms with E-state index in [2.05, 4.69) is 4.98 Å². The second-order valence-corrected chi connectivity index (χ2v) is 8.05. The first kappa shape index (κ1) is 20.1. The number of esters is 1. The number of carbonyl (C=O) groups is 2. The first-order valence-electron chi connectivity index (χ1n) is 9.05. The number of benzene rings is 2. The van der Waals surface area contributed by atoms with Crippen molar-refractivity contribution in [2.45, 2.75) is 13.5 Å². The van der Waals surface area contributed by atoms with Crippen molar-refractivity contribution >= 4 is 50.2 Å². The molecular formula is C22H17ClN2O4S. The normalized spacial score (nSPS) is 10.9. The van der Waals surface area contributed by atoms with Gasteiger partial charge in [0.2, 0.25) is 0 Å². The minimum absolute atomic E-state index is 0.219. The van der Waals surface area contributed by atoms with Crippen molar-refractivity contribution in [1.29, 1.82) is 0 Å². The highest BCUT2D eigenvalue weighted by Crippen LogP contribution is 2.34. The van der Waals surface area contributed by atoms with Gasteiger partial charge in [0.15, 0.2) is 5.13 Å². The molecule has 0 fully saturated rings. The Kier molecular flexibility index (Phi) is 5.57. The summed E-state index contributed by atoms with van der Waals surface area (Å²) in [7, 11) is 1.31. The minimum atomic E-state index is -0.458. The van der Waals surface area contributed by atoms with E-state index in [4.69, 9.17) is 20.8 Å². The van der Waals surface area contributed by atoms with Crippen molar-refractivity contribution in [2.75, 3.05) is 12.0 Å². The molecule has 0 unspecified atom stereocenters. The van der Waals surface area contributed by atoms with Gasteiger partial charge in [-0.2, -0.15) is 0 Å². The van der Waals surface area contributed by atoms with Crippen LogP contribution in [-0.2, 0) is 11.3 Å². The quantitative estimate of drug-likeness (QED) is 0.384. The topological polar surface area (TPSA) is 72.6 Å². The summed E-state index contributed by atoms with van der Waals surface area (Å²) in [6.07, 6.45) is 1.56. The van der Waals surface area contributed by atoms with Crippen molar-refractivity contribution in [1.82, 2.24) is 4.98 Å². The molecule has 0 atom stereocenters. The predicted octanol–water partition coefficient (Wildman–Crippen LogP) is 5.48. The number of hydrogen-bond donors (Lipinski definition) is 0. The number of methoxy groups -OCH3 is 1. The smallest absolute Gasteiger partial charge is 0.337 e. The third-order valence-electron chi connectivity index (χ3n) is 4.56. The largest absolute Gasteiger partial charge is 0.467 e. The molecule has 0 saturated carbocycles. The fraction of sp³-hybridized carbons (Fsp3) is 0.136. The van der Waals surface area contributed by atoms with Gasteiger partial charge in [0, 0.05) is 10.6 Å². The van der Waals surface area contributed by atoms with Crippen LogP contribution in [0.3, 0.4) is 0 Å². The van der Waals surface area contributed by atoms with Gasteiger partial charge in [-0.3, -0.25) is 9.69 Å². The van der Waals surface area contributed by atoms with Crippen molar-refractivity contribution < 1.29 is 18.7 Å². The number of aromatic nitrogens is 1. The van der Waals surface area contributed by atoms with Gasteiger partial charge in [-0.15, -0.1) is 0 Å². The third-order valence-corrected chi connectivity index (χ3v) is 5.81. The maximum absolute atomic E-state index is 13.4. The van der Waals surface area contributed by atoms with Gasteiger partial charge in [0.05, 0.1) is 35.7 Å². The lowest BCUT2D eigenvalue weighted by Crippen LogP contribution is -2.30. The second kappa shape index (κ2) is 8.30. The van der Waals surface area contributed by atoms with Gasteiger partial charge in [0.1, 0.15) is 5.76 Å². The number of anilines is 1. The molecule has 0 aliphatic rings. The summed E-state index contributed by atoms with van der Waals surface area (Å²) in [4.78, 5) is 31.3. The van der Waals surface area contributed by atoms with Crippen LogP contribution in [0.2, 0.25) is 5.02 Å². The van der Waals surface area contributed by atoms with Crippen LogP contribution < -0.4 is 4.90 Å². The molecule has 0 bridgehead atoms. The maximum atomic E-state index is 13.4. The zero-order valence-corrected chi connectivity index (χ0v) is 17.8. The van der Waals surface area contributed by atoms with E-state index in [1.54, 1.807) is 47.6 Å². The molecule has 2 aromatic heterocycles. The van der Waals surface area contributed by atoms with Crippen molar-refractivity contribution in [3.8, 4) is 0 Å². The van der Waals surface area contributed by atoms with Crippen LogP contribution in [0.4, 0.5) is 5.13 Å². The van der Waals surface area contributed by atoms with E-state index in [9.17, 15) is 9.59 Å². The number of hydrogen-bond acceptors (Lipinski definition) is 6. The van der Waals surface area contributed by atoms with Crippen LogP contribution in [0.1, 0.15) is 32.0 Å². The summed E-state index contributed by atoms with van der Waals surface area (Å²) in [5.41, 5.74) is 2.53. The highest BCUT2D eigenvalue weighted by Gasteiger charge is 2.23. The van der Waals surface area contributed by atoms with Crippen LogP contribution in [0, 0.1) is 6.92 Å². The molecule has 6 nitrogen and oxygen atoms in total. The van der Waals surface area contributed by atoms with E-state index in [1.807, 2.05) is 19.1 Å². The van der Waals surface area contributed by atoms with Crippen molar-refractivity contribution in [2.24, 2.45) is 0 Å². The summed E-state index contributed by atoms with van der Waals surface area (Å²) in [6.45, 7) is 2.15. The standard InChI is InChI=1S/C22H17ClN2O4S/c1-13-10-16(23)11-18-19(13)24-22(30-18)25(12-17-4-3-9-29-17)20(26)14-5-7-15(8-6-14)21(27)28-2/h3-11H,12H2,1-2H3.